The molecule has 1 N–H and O–H groups in total. The smallest absolute Gasteiger partial charge is 0.324 e. The van der Waals surface area contributed by atoms with E-state index in [1.165, 1.54) is 13.2 Å². The molecule has 0 aliphatic carbocycles. The zero-order chi connectivity index (χ0) is 6.62. The lowest BCUT2D eigenvalue weighted by Gasteiger charge is -2.02. The summed E-state index contributed by atoms with van der Waals surface area (Å²) in [5, 5.41) is 0. The first-order chi connectivity index (χ1) is 3.62. The molecule has 0 radical (unpaired) electrons. The summed E-state index contributed by atoms with van der Waals surface area (Å²) < 4.78 is 14.7. The molecule has 9 heavy (non-hydrogen) atoms. The summed E-state index contributed by atoms with van der Waals surface area (Å²) in [4.78, 5) is 8.59. The van der Waals surface area contributed by atoms with Crippen LogP contribution < -0.4 is 0 Å². The molecule has 1 atom stereocenters. The van der Waals surface area contributed by atoms with Crippen molar-refractivity contribution in [3.05, 3.63) is 12.7 Å². The molecule has 0 aromatic rings. The Bertz CT molecular complexity index is 125. The molecule has 5 heteroatoms. The van der Waals surface area contributed by atoms with Crippen LogP contribution in [0.2, 0.25) is 0 Å². The molecule has 0 amide bonds. The van der Waals surface area contributed by atoms with Gasteiger partial charge in [-0.25, -0.2) is 0 Å². The Labute approximate surface area is 60.7 Å². The lowest BCUT2D eigenvalue weighted by molar-refractivity contribution is 0.319. The van der Waals surface area contributed by atoms with Gasteiger partial charge in [0.05, 0.1) is 6.16 Å². The van der Waals surface area contributed by atoms with Crippen LogP contribution in [0.5, 0.6) is 0 Å². The fraction of sp³-hybridized carbons (Fsp3) is 0.500. The van der Waals surface area contributed by atoms with Crippen LogP contribution in [0.3, 0.4) is 0 Å². The Kier molecular flexibility index (Phi) is 6.62. The monoisotopic (exact) mass is 172 g/mol. The van der Waals surface area contributed by atoms with E-state index in [-0.39, 0.29) is 18.6 Å². The largest absolute Gasteiger partial charge is 0.331 e. The molecule has 0 heterocycles. The lowest BCUT2D eigenvalue weighted by Crippen LogP contribution is -1.85. The summed E-state index contributed by atoms with van der Waals surface area (Å²) in [5.41, 5.74) is 0. The van der Waals surface area contributed by atoms with Crippen molar-refractivity contribution in [3.8, 4) is 0 Å². The minimum absolute atomic E-state index is 0. The molecule has 0 rings (SSSR count). The van der Waals surface area contributed by atoms with Crippen LogP contribution in [0.1, 0.15) is 0 Å². The van der Waals surface area contributed by atoms with Crippen molar-refractivity contribution < 1.29 is 14.0 Å². The van der Waals surface area contributed by atoms with E-state index in [1.54, 1.807) is 0 Å². The third kappa shape index (κ3) is 6.06. The van der Waals surface area contributed by atoms with Crippen molar-refractivity contribution in [2.24, 2.45) is 0 Å². The standard InChI is InChI=1S/C4H9O3P.ClH/c1-3-4-8(5,6)7-2;/h3H,1,4H2,2H3,(H,5,6);1H. The van der Waals surface area contributed by atoms with Gasteiger partial charge in [-0.1, -0.05) is 6.08 Å². The molecule has 0 aliphatic heterocycles. The number of allylic oxidation sites excluding steroid dienone is 1. The second kappa shape index (κ2) is 5.00. The molecule has 0 fully saturated rings. The Balaban J connectivity index is 0. The maximum absolute atomic E-state index is 10.4. The molecule has 1 unspecified atom stereocenters. The predicted octanol–water partition coefficient (Wildman–Crippen LogP) is 1.43. The highest BCUT2D eigenvalue weighted by atomic mass is 35.5. The minimum atomic E-state index is -3.29. The summed E-state index contributed by atoms with van der Waals surface area (Å²) in [6.07, 6.45) is 1.37. The van der Waals surface area contributed by atoms with Gasteiger partial charge in [-0.05, 0) is 0 Å². The second-order valence-corrected chi connectivity index (χ2v) is 3.30. The SMILES string of the molecule is C=CCP(=O)(O)OC.Cl. The van der Waals surface area contributed by atoms with Crippen LogP contribution in [0.25, 0.3) is 0 Å². The average molecular weight is 173 g/mol. The van der Waals surface area contributed by atoms with Crippen molar-refractivity contribution >= 4 is 20.0 Å². The first kappa shape index (κ1) is 11.9. The van der Waals surface area contributed by atoms with E-state index in [1.807, 2.05) is 0 Å². The normalized spacial score (nSPS) is 15.3. The van der Waals surface area contributed by atoms with Gasteiger partial charge >= 0.3 is 7.60 Å². The van der Waals surface area contributed by atoms with E-state index >= 15 is 0 Å². The maximum Gasteiger partial charge on any atom is 0.331 e. The zero-order valence-electron chi connectivity index (χ0n) is 5.11. The molecule has 0 bridgehead atoms. The zero-order valence-corrected chi connectivity index (χ0v) is 6.82. The molecule has 0 saturated carbocycles. The molecule has 0 aromatic carbocycles. The van der Waals surface area contributed by atoms with Gasteiger partial charge in [0.2, 0.25) is 0 Å². The van der Waals surface area contributed by atoms with Crippen molar-refractivity contribution in [1.29, 1.82) is 0 Å². The Morgan fingerprint density at radius 1 is 1.89 bits per heavy atom. The van der Waals surface area contributed by atoms with Gasteiger partial charge < -0.3 is 9.42 Å². The maximum atomic E-state index is 10.4. The predicted molar refractivity (Wildman–Crippen MR) is 39.1 cm³/mol. The lowest BCUT2D eigenvalue weighted by atomic mass is 10.8. The van der Waals surface area contributed by atoms with Crippen molar-refractivity contribution in [3.63, 3.8) is 0 Å². The molecule has 3 nitrogen and oxygen atoms in total. The van der Waals surface area contributed by atoms with E-state index in [0.717, 1.165) is 0 Å². The molecule has 0 aromatic heterocycles. The van der Waals surface area contributed by atoms with E-state index in [9.17, 15) is 4.57 Å². The topological polar surface area (TPSA) is 46.5 Å². The highest BCUT2D eigenvalue weighted by molar-refractivity contribution is 7.52. The van der Waals surface area contributed by atoms with E-state index < -0.39 is 7.60 Å². The molecular formula is C4H10ClO3P. The Morgan fingerprint density at radius 2 is 2.33 bits per heavy atom. The van der Waals surface area contributed by atoms with Crippen molar-refractivity contribution in [1.82, 2.24) is 0 Å². The Hall–Kier alpha value is 0.180. The van der Waals surface area contributed by atoms with Crippen molar-refractivity contribution in [2.45, 2.75) is 0 Å². The average Bonchev–Trinajstić information content (AvgIpc) is 1.67. The second-order valence-electron chi connectivity index (χ2n) is 1.29. The van der Waals surface area contributed by atoms with Crippen LogP contribution in [-0.4, -0.2) is 18.2 Å². The van der Waals surface area contributed by atoms with Crippen molar-refractivity contribution in [2.75, 3.05) is 13.3 Å². The number of rotatable bonds is 3. The van der Waals surface area contributed by atoms with Gasteiger partial charge in [-0.2, -0.15) is 0 Å². The van der Waals surface area contributed by atoms with Crippen LogP contribution in [-0.2, 0) is 9.09 Å². The van der Waals surface area contributed by atoms with Gasteiger partial charge in [0.25, 0.3) is 0 Å². The highest BCUT2D eigenvalue weighted by Crippen LogP contribution is 2.39. The fourth-order valence-electron chi connectivity index (χ4n) is 0.238. The number of halogens is 1. The summed E-state index contributed by atoms with van der Waals surface area (Å²) in [6.45, 7) is 3.28. The van der Waals surface area contributed by atoms with Gasteiger partial charge in [0, 0.05) is 7.11 Å². The summed E-state index contributed by atoms with van der Waals surface area (Å²) in [5.74, 6) is 0. The van der Waals surface area contributed by atoms with Gasteiger partial charge in [0.15, 0.2) is 0 Å². The van der Waals surface area contributed by atoms with Gasteiger partial charge in [-0.3, -0.25) is 4.57 Å². The molecule has 0 aliphatic rings. The third-order valence-corrected chi connectivity index (χ3v) is 1.94. The first-order valence-electron chi connectivity index (χ1n) is 2.11. The highest BCUT2D eigenvalue weighted by Gasteiger charge is 2.12. The van der Waals surface area contributed by atoms with Gasteiger partial charge in [0.1, 0.15) is 0 Å². The Morgan fingerprint density at radius 3 is 2.44 bits per heavy atom. The fourth-order valence-corrected chi connectivity index (χ4v) is 0.713. The summed E-state index contributed by atoms with van der Waals surface area (Å²) in [7, 11) is -2.09. The number of hydrogen-bond acceptors (Lipinski definition) is 2. The third-order valence-electron chi connectivity index (χ3n) is 0.645. The van der Waals surface area contributed by atoms with E-state index in [4.69, 9.17) is 4.89 Å². The summed E-state index contributed by atoms with van der Waals surface area (Å²) in [6, 6.07) is 0. The first-order valence-corrected chi connectivity index (χ1v) is 3.87. The quantitative estimate of drug-likeness (QED) is 0.518. The van der Waals surface area contributed by atoms with Crippen LogP contribution in [0.15, 0.2) is 12.7 Å². The molecule has 0 spiro atoms. The van der Waals surface area contributed by atoms with Gasteiger partial charge in [-0.15, -0.1) is 19.0 Å². The molecule has 56 valence electrons. The van der Waals surface area contributed by atoms with Crippen LogP contribution >= 0.6 is 20.0 Å². The van der Waals surface area contributed by atoms with Crippen LogP contribution in [0, 0.1) is 0 Å². The molecular weight excluding hydrogens is 162 g/mol. The minimum Gasteiger partial charge on any atom is -0.324 e. The molecule has 0 saturated heterocycles. The van der Waals surface area contributed by atoms with E-state index in [0.29, 0.717) is 0 Å². The number of hydrogen-bond donors (Lipinski definition) is 1. The van der Waals surface area contributed by atoms with E-state index in [2.05, 4.69) is 11.1 Å². The van der Waals surface area contributed by atoms with Crippen LogP contribution in [0.4, 0.5) is 0 Å². The summed E-state index contributed by atoms with van der Waals surface area (Å²) >= 11 is 0.